The highest BCUT2D eigenvalue weighted by Gasteiger charge is 2.61. The Hall–Kier alpha value is -1.77. The van der Waals surface area contributed by atoms with E-state index in [4.69, 9.17) is 4.74 Å². The molecule has 168 valence electrons. The SMILES string of the molecule is CCn1cc(CNC(=O)[C@@]2(Cc3cscn3)C[C@H]3CC[C@@H]2N3C2CCOCC2)c(C)n1. The van der Waals surface area contributed by atoms with Crippen LogP contribution in [0.4, 0.5) is 0 Å². The molecule has 0 aromatic carbocycles. The molecule has 31 heavy (non-hydrogen) atoms. The van der Waals surface area contributed by atoms with Gasteiger partial charge in [0.1, 0.15) is 0 Å². The van der Waals surface area contributed by atoms with Gasteiger partial charge in [-0.15, -0.1) is 11.3 Å². The molecule has 3 atom stereocenters. The van der Waals surface area contributed by atoms with E-state index in [-0.39, 0.29) is 5.91 Å². The Morgan fingerprint density at radius 3 is 2.84 bits per heavy atom. The highest BCUT2D eigenvalue weighted by molar-refractivity contribution is 7.07. The van der Waals surface area contributed by atoms with Crippen molar-refractivity contribution in [2.24, 2.45) is 5.41 Å². The summed E-state index contributed by atoms with van der Waals surface area (Å²) in [5.74, 6) is 0.188. The standard InChI is InChI=1S/C23H33N5O2S/c1-3-27-13-17(16(2)26-27)12-24-22(29)23(10-18-14-31-15-25-18)11-20-4-5-21(23)28(20)19-6-8-30-9-7-19/h13-15,19-21H,3-12H2,1-2H3,(H,24,29)/t20-,21+,23+/m1/s1. The molecule has 5 rings (SSSR count). The summed E-state index contributed by atoms with van der Waals surface area (Å²) >= 11 is 1.62. The zero-order valence-electron chi connectivity index (χ0n) is 18.5. The van der Waals surface area contributed by atoms with E-state index in [0.717, 1.165) is 68.8 Å². The Morgan fingerprint density at radius 1 is 1.29 bits per heavy atom. The van der Waals surface area contributed by atoms with Gasteiger partial charge in [0.25, 0.3) is 0 Å². The number of hydrogen-bond acceptors (Lipinski definition) is 6. The van der Waals surface area contributed by atoms with Gasteiger partial charge in [-0.2, -0.15) is 5.10 Å². The van der Waals surface area contributed by atoms with E-state index in [1.165, 1.54) is 6.42 Å². The maximum absolute atomic E-state index is 13.9. The fourth-order valence-corrected chi connectivity index (χ4v) is 6.73. The number of rotatable bonds is 7. The number of aromatic nitrogens is 3. The molecule has 0 spiro atoms. The summed E-state index contributed by atoms with van der Waals surface area (Å²) in [7, 11) is 0. The number of thiazole rings is 1. The number of nitrogens with one attached hydrogen (secondary N) is 1. The summed E-state index contributed by atoms with van der Waals surface area (Å²) in [6.07, 6.45) is 8.19. The maximum atomic E-state index is 13.9. The summed E-state index contributed by atoms with van der Waals surface area (Å²) in [6, 6.07) is 1.34. The molecule has 2 bridgehead atoms. The van der Waals surface area contributed by atoms with E-state index in [0.29, 0.717) is 24.7 Å². The summed E-state index contributed by atoms with van der Waals surface area (Å²) in [4.78, 5) is 21.1. The topological polar surface area (TPSA) is 72.3 Å². The largest absolute Gasteiger partial charge is 0.381 e. The normalized spacial score (nSPS) is 29.0. The number of aryl methyl sites for hydroxylation is 2. The summed E-state index contributed by atoms with van der Waals surface area (Å²) < 4.78 is 7.56. The van der Waals surface area contributed by atoms with Gasteiger partial charge in [-0.25, -0.2) is 4.98 Å². The number of fused-ring (bicyclic) bond motifs is 2. The average Bonchev–Trinajstić information content (AvgIpc) is 3.57. The first kappa shape index (κ1) is 21.1. The van der Waals surface area contributed by atoms with Gasteiger partial charge in [0, 0.05) is 68.0 Å². The minimum absolute atomic E-state index is 0.188. The first-order valence-corrected chi connectivity index (χ1v) is 12.6. The quantitative estimate of drug-likeness (QED) is 0.712. The molecule has 2 aromatic heterocycles. The van der Waals surface area contributed by atoms with Crippen molar-refractivity contribution in [2.45, 2.75) is 83.6 Å². The fourth-order valence-electron chi connectivity index (χ4n) is 6.17. The Balaban J connectivity index is 1.39. The third-order valence-corrected chi connectivity index (χ3v) is 8.28. The fraction of sp³-hybridized carbons (Fsp3) is 0.696. The lowest BCUT2D eigenvalue weighted by atomic mass is 9.70. The van der Waals surface area contributed by atoms with Crippen LogP contribution in [0.3, 0.4) is 0 Å². The highest BCUT2D eigenvalue weighted by atomic mass is 32.1. The molecule has 0 aliphatic carbocycles. The van der Waals surface area contributed by atoms with Gasteiger partial charge in [-0.05, 0) is 46.0 Å². The number of hydrogen-bond donors (Lipinski definition) is 1. The Morgan fingerprint density at radius 2 is 2.13 bits per heavy atom. The Labute approximate surface area is 188 Å². The van der Waals surface area contributed by atoms with Crippen LogP contribution in [0.2, 0.25) is 0 Å². The van der Waals surface area contributed by atoms with E-state index in [9.17, 15) is 4.79 Å². The molecular weight excluding hydrogens is 410 g/mol. The first-order valence-electron chi connectivity index (χ1n) is 11.6. The second-order valence-electron chi connectivity index (χ2n) is 9.33. The molecule has 8 heteroatoms. The van der Waals surface area contributed by atoms with Gasteiger partial charge in [0.05, 0.1) is 22.3 Å². The van der Waals surface area contributed by atoms with Crippen LogP contribution < -0.4 is 5.32 Å². The van der Waals surface area contributed by atoms with E-state index in [1.54, 1.807) is 11.3 Å². The molecule has 1 N–H and O–H groups in total. The zero-order chi connectivity index (χ0) is 21.4. The third-order valence-electron chi connectivity index (χ3n) is 7.65. The monoisotopic (exact) mass is 443 g/mol. The maximum Gasteiger partial charge on any atom is 0.228 e. The number of ether oxygens (including phenoxy) is 1. The van der Waals surface area contributed by atoms with Crippen LogP contribution in [-0.2, 0) is 29.0 Å². The lowest BCUT2D eigenvalue weighted by Crippen LogP contribution is -2.52. The minimum atomic E-state index is -0.399. The summed E-state index contributed by atoms with van der Waals surface area (Å²) in [5, 5.41) is 9.95. The van der Waals surface area contributed by atoms with Gasteiger partial charge in [-0.1, -0.05) is 0 Å². The van der Waals surface area contributed by atoms with Crippen molar-refractivity contribution in [2.75, 3.05) is 13.2 Å². The van der Waals surface area contributed by atoms with Gasteiger partial charge < -0.3 is 10.1 Å². The predicted molar refractivity (Wildman–Crippen MR) is 120 cm³/mol. The number of carbonyl (C=O) groups excluding carboxylic acids is 1. The van der Waals surface area contributed by atoms with Crippen LogP contribution >= 0.6 is 11.3 Å². The van der Waals surface area contributed by atoms with Crippen LogP contribution in [-0.4, -0.2) is 56.9 Å². The second kappa shape index (κ2) is 8.64. The third kappa shape index (κ3) is 3.83. The molecule has 0 saturated carbocycles. The van der Waals surface area contributed by atoms with Crippen LogP contribution in [0.15, 0.2) is 17.1 Å². The van der Waals surface area contributed by atoms with Crippen molar-refractivity contribution in [3.05, 3.63) is 34.0 Å². The van der Waals surface area contributed by atoms with Gasteiger partial charge in [0.15, 0.2) is 0 Å². The van der Waals surface area contributed by atoms with Crippen LogP contribution in [0.1, 0.15) is 56.0 Å². The lowest BCUT2D eigenvalue weighted by molar-refractivity contribution is -0.133. The smallest absolute Gasteiger partial charge is 0.228 e. The van der Waals surface area contributed by atoms with E-state index >= 15 is 0 Å². The molecule has 3 aliphatic heterocycles. The van der Waals surface area contributed by atoms with Crippen LogP contribution in [0, 0.1) is 12.3 Å². The highest BCUT2D eigenvalue weighted by Crippen LogP contribution is 2.53. The summed E-state index contributed by atoms with van der Waals surface area (Å²) in [6.45, 7) is 7.16. The molecular formula is C23H33N5O2S. The lowest BCUT2D eigenvalue weighted by Gasteiger charge is -2.39. The number of amides is 1. The molecule has 3 aliphatic rings. The number of carbonyl (C=O) groups is 1. The van der Waals surface area contributed by atoms with Crippen molar-refractivity contribution < 1.29 is 9.53 Å². The van der Waals surface area contributed by atoms with Gasteiger partial charge in [0.2, 0.25) is 5.91 Å². The van der Waals surface area contributed by atoms with Crippen LogP contribution in [0.25, 0.3) is 0 Å². The molecule has 0 radical (unpaired) electrons. The minimum Gasteiger partial charge on any atom is -0.381 e. The van der Waals surface area contributed by atoms with Gasteiger partial charge >= 0.3 is 0 Å². The first-order chi connectivity index (χ1) is 15.1. The van der Waals surface area contributed by atoms with Crippen molar-refractivity contribution in [1.29, 1.82) is 0 Å². The predicted octanol–water partition coefficient (Wildman–Crippen LogP) is 2.93. The molecule has 2 aromatic rings. The summed E-state index contributed by atoms with van der Waals surface area (Å²) in [5.41, 5.74) is 4.63. The van der Waals surface area contributed by atoms with Crippen molar-refractivity contribution in [1.82, 2.24) is 25.0 Å². The van der Waals surface area contributed by atoms with Crippen molar-refractivity contribution in [3.63, 3.8) is 0 Å². The van der Waals surface area contributed by atoms with Gasteiger partial charge in [-0.3, -0.25) is 14.4 Å². The molecule has 3 fully saturated rings. The molecule has 0 unspecified atom stereocenters. The second-order valence-corrected chi connectivity index (χ2v) is 10.1. The van der Waals surface area contributed by atoms with Crippen molar-refractivity contribution >= 4 is 17.2 Å². The molecule has 3 saturated heterocycles. The van der Waals surface area contributed by atoms with E-state index in [1.807, 2.05) is 17.1 Å². The van der Waals surface area contributed by atoms with E-state index in [2.05, 4.69) is 38.8 Å². The molecule has 1 amide bonds. The molecule has 5 heterocycles. The van der Waals surface area contributed by atoms with E-state index < -0.39 is 5.41 Å². The molecule has 7 nitrogen and oxygen atoms in total. The van der Waals surface area contributed by atoms with Crippen molar-refractivity contribution in [3.8, 4) is 0 Å². The Kier molecular flexibility index (Phi) is 5.88. The zero-order valence-corrected chi connectivity index (χ0v) is 19.4. The average molecular weight is 444 g/mol. The van der Waals surface area contributed by atoms with Crippen LogP contribution in [0.5, 0.6) is 0 Å². The number of nitrogens with zero attached hydrogens (tertiary/aromatic N) is 4. The Bertz CT molecular complexity index is 907.